The number of benzene rings is 1. The van der Waals surface area contributed by atoms with Gasteiger partial charge >= 0.3 is 0 Å². The third kappa shape index (κ3) is 1.59. The third-order valence-electron chi connectivity index (χ3n) is 4.31. The second kappa shape index (κ2) is 4.27. The standard InChI is InChI=1S/C16H18O2/c1-10-7-8-13(14(9-10)18-2)15-11-5-3-4-6-12(11)16(15)17/h3-4,7-9,11-12,15H,5-6H2,1-2H3/t11-,12+,15+/m0/s1. The second-order valence-corrected chi connectivity index (χ2v) is 5.34. The first-order chi connectivity index (χ1) is 8.72. The van der Waals surface area contributed by atoms with Crippen molar-refractivity contribution in [3.8, 4) is 5.75 Å². The zero-order chi connectivity index (χ0) is 12.7. The summed E-state index contributed by atoms with van der Waals surface area (Å²) in [5.74, 6) is 2.05. The summed E-state index contributed by atoms with van der Waals surface area (Å²) in [6.07, 6.45) is 6.30. The van der Waals surface area contributed by atoms with E-state index >= 15 is 0 Å². The van der Waals surface area contributed by atoms with Gasteiger partial charge in [-0.05, 0) is 37.3 Å². The number of allylic oxidation sites excluding steroid dienone is 2. The van der Waals surface area contributed by atoms with Crippen LogP contribution >= 0.6 is 0 Å². The summed E-state index contributed by atoms with van der Waals surface area (Å²) in [6.45, 7) is 2.04. The van der Waals surface area contributed by atoms with Gasteiger partial charge in [0.25, 0.3) is 0 Å². The van der Waals surface area contributed by atoms with Gasteiger partial charge in [-0.3, -0.25) is 4.79 Å². The zero-order valence-electron chi connectivity index (χ0n) is 10.8. The molecule has 0 spiro atoms. The lowest BCUT2D eigenvalue weighted by Crippen LogP contribution is -2.46. The van der Waals surface area contributed by atoms with E-state index in [1.165, 1.54) is 5.56 Å². The Morgan fingerprint density at radius 3 is 2.78 bits per heavy atom. The van der Waals surface area contributed by atoms with Crippen LogP contribution in [0.2, 0.25) is 0 Å². The number of ketones is 1. The number of Topliss-reactive ketones (excluding diaryl/α,β-unsaturated/α-hetero) is 1. The summed E-state index contributed by atoms with van der Waals surface area (Å²) in [7, 11) is 1.68. The summed E-state index contributed by atoms with van der Waals surface area (Å²) in [5.41, 5.74) is 2.24. The quantitative estimate of drug-likeness (QED) is 0.744. The molecule has 0 N–H and O–H groups in total. The van der Waals surface area contributed by atoms with E-state index in [1.54, 1.807) is 7.11 Å². The summed E-state index contributed by atoms with van der Waals surface area (Å²) in [6, 6.07) is 6.15. The number of hydrogen-bond donors (Lipinski definition) is 0. The number of carbonyl (C=O) groups is 1. The average molecular weight is 242 g/mol. The Bertz CT molecular complexity index is 516. The Kier molecular flexibility index (Phi) is 2.73. The maximum atomic E-state index is 12.3. The van der Waals surface area contributed by atoms with Gasteiger partial charge < -0.3 is 4.74 Å². The van der Waals surface area contributed by atoms with Gasteiger partial charge in [0.05, 0.1) is 13.0 Å². The zero-order valence-corrected chi connectivity index (χ0v) is 10.8. The van der Waals surface area contributed by atoms with Crippen molar-refractivity contribution < 1.29 is 9.53 Å². The normalized spacial score (nSPS) is 29.7. The van der Waals surface area contributed by atoms with E-state index in [2.05, 4.69) is 24.3 Å². The summed E-state index contributed by atoms with van der Waals surface area (Å²) < 4.78 is 5.44. The van der Waals surface area contributed by atoms with Gasteiger partial charge in [-0.25, -0.2) is 0 Å². The van der Waals surface area contributed by atoms with Crippen LogP contribution in [-0.2, 0) is 4.79 Å². The first kappa shape index (κ1) is 11.5. The van der Waals surface area contributed by atoms with Crippen LogP contribution in [0.4, 0.5) is 0 Å². The van der Waals surface area contributed by atoms with Crippen LogP contribution in [0.15, 0.2) is 30.4 Å². The lowest BCUT2D eigenvalue weighted by atomic mass is 9.57. The van der Waals surface area contributed by atoms with Crippen molar-refractivity contribution in [3.63, 3.8) is 0 Å². The first-order valence-electron chi connectivity index (χ1n) is 6.55. The lowest BCUT2D eigenvalue weighted by Gasteiger charge is -2.44. The highest BCUT2D eigenvalue weighted by atomic mass is 16.5. The van der Waals surface area contributed by atoms with Crippen LogP contribution in [0.3, 0.4) is 0 Å². The molecule has 2 aliphatic rings. The summed E-state index contributed by atoms with van der Waals surface area (Å²) in [4.78, 5) is 12.3. The van der Waals surface area contributed by atoms with E-state index in [9.17, 15) is 4.79 Å². The molecule has 18 heavy (non-hydrogen) atoms. The van der Waals surface area contributed by atoms with E-state index < -0.39 is 0 Å². The Morgan fingerprint density at radius 1 is 1.22 bits per heavy atom. The van der Waals surface area contributed by atoms with Crippen molar-refractivity contribution in [1.29, 1.82) is 0 Å². The largest absolute Gasteiger partial charge is 0.496 e. The minimum atomic E-state index is 0.0514. The molecule has 0 bridgehead atoms. The first-order valence-corrected chi connectivity index (χ1v) is 6.55. The molecule has 1 saturated carbocycles. The van der Waals surface area contributed by atoms with E-state index in [-0.39, 0.29) is 11.8 Å². The smallest absolute Gasteiger partial charge is 0.144 e. The highest BCUT2D eigenvalue weighted by Gasteiger charge is 2.50. The Balaban J connectivity index is 1.96. The number of hydrogen-bond acceptors (Lipinski definition) is 2. The topological polar surface area (TPSA) is 26.3 Å². The van der Waals surface area contributed by atoms with Gasteiger partial charge in [0.1, 0.15) is 11.5 Å². The highest BCUT2D eigenvalue weighted by Crippen LogP contribution is 2.51. The minimum absolute atomic E-state index is 0.0514. The Hall–Kier alpha value is -1.57. The molecule has 0 unspecified atom stereocenters. The number of carbonyl (C=O) groups excluding carboxylic acids is 1. The van der Waals surface area contributed by atoms with Crippen LogP contribution in [0, 0.1) is 18.8 Å². The fraction of sp³-hybridized carbons (Fsp3) is 0.438. The van der Waals surface area contributed by atoms with E-state index in [1.807, 2.05) is 13.0 Å². The highest BCUT2D eigenvalue weighted by molar-refractivity contribution is 5.95. The van der Waals surface area contributed by atoms with E-state index in [4.69, 9.17) is 4.74 Å². The minimum Gasteiger partial charge on any atom is -0.496 e. The van der Waals surface area contributed by atoms with Crippen molar-refractivity contribution in [1.82, 2.24) is 0 Å². The maximum absolute atomic E-state index is 12.3. The van der Waals surface area contributed by atoms with Crippen LogP contribution < -0.4 is 4.74 Å². The van der Waals surface area contributed by atoms with Crippen LogP contribution in [0.1, 0.15) is 29.9 Å². The van der Waals surface area contributed by atoms with Gasteiger partial charge in [0, 0.05) is 11.5 Å². The second-order valence-electron chi connectivity index (χ2n) is 5.34. The lowest BCUT2D eigenvalue weighted by molar-refractivity contribution is -0.137. The Labute approximate surface area is 108 Å². The molecule has 94 valence electrons. The number of aryl methyl sites for hydroxylation is 1. The molecule has 2 heteroatoms. The molecule has 0 aromatic heterocycles. The number of rotatable bonds is 2. The fourth-order valence-corrected chi connectivity index (χ4v) is 3.31. The van der Waals surface area contributed by atoms with E-state index in [0.29, 0.717) is 11.7 Å². The molecule has 3 atom stereocenters. The van der Waals surface area contributed by atoms with Crippen molar-refractivity contribution in [3.05, 3.63) is 41.5 Å². The van der Waals surface area contributed by atoms with Crippen LogP contribution in [0.25, 0.3) is 0 Å². The fourth-order valence-electron chi connectivity index (χ4n) is 3.31. The molecular weight excluding hydrogens is 224 g/mol. The molecule has 2 aliphatic carbocycles. The molecule has 0 aliphatic heterocycles. The Morgan fingerprint density at radius 2 is 2.00 bits per heavy atom. The number of methoxy groups -OCH3 is 1. The molecule has 0 amide bonds. The van der Waals surface area contributed by atoms with Gasteiger partial charge in [-0.2, -0.15) is 0 Å². The molecule has 1 aromatic rings. The number of fused-ring (bicyclic) bond motifs is 1. The number of ether oxygens (including phenoxy) is 1. The summed E-state index contributed by atoms with van der Waals surface area (Å²) in [5, 5.41) is 0. The maximum Gasteiger partial charge on any atom is 0.144 e. The van der Waals surface area contributed by atoms with Gasteiger partial charge in [0.15, 0.2) is 0 Å². The van der Waals surface area contributed by atoms with Crippen molar-refractivity contribution in [2.24, 2.45) is 11.8 Å². The third-order valence-corrected chi connectivity index (χ3v) is 4.31. The van der Waals surface area contributed by atoms with Gasteiger partial charge in [-0.15, -0.1) is 0 Å². The monoisotopic (exact) mass is 242 g/mol. The van der Waals surface area contributed by atoms with Crippen molar-refractivity contribution in [2.45, 2.75) is 25.7 Å². The molecule has 1 aromatic carbocycles. The summed E-state index contributed by atoms with van der Waals surface area (Å²) >= 11 is 0. The van der Waals surface area contributed by atoms with E-state index in [0.717, 1.165) is 24.2 Å². The SMILES string of the molecule is COc1cc(C)ccc1[C@@H]1C(=O)[C@@H]2CC=CC[C@@H]21. The van der Waals surface area contributed by atoms with Gasteiger partial charge in [-0.1, -0.05) is 24.3 Å². The van der Waals surface area contributed by atoms with Crippen molar-refractivity contribution in [2.75, 3.05) is 7.11 Å². The molecule has 0 heterocycles. The predicted octanol–water partition coefficient (Wildman–Crippen LogP) is 3.25. The molecule has 3 rings (SSSR count). The van der Waals surface area contributed by atoms with Crippen LogP contribution in [-0.4, -0.2) is 12.9 Å². The predicted molar refractivity (Wildman–Crippen MR) is 70.8 cm³/mol. The van der Waals surface area contributed by atoms with Crippen molar-refractivity contribution >= 4 is 5.78 Å². The average Bonchev–Trinajstić information content (AvgIpc) is 2.40. The molecule has 2 nitrogen and oxygen atoms in total. The van der Waals surface area contributed by atoms with Gasteiger partial charge in [0.2, 0.25) is 0 Å². The molecule has 1 fully saturated rings. The van der Waals surface area contributed by atoms with Crippen LogP contribution in [0.5, 0.6) is 5.75 Å². The molecule has 0 radical (unpaired) electrons. The molecule has 0 saturated heterocycles. The molecular formula is C16H18O2.